The minimum absolute atomic E-state index is 0.313. The summed E-state index contributed by atoms with van der Waals surface area (Å²) >= 11 is 5.85. The van der Waals surface area contributed by atoms with Crippen molar-refractivity contribution in [3.8, 4) is 11.4 Å². The minimum Gasteiger partial charge on any atom is -0.494 e. The van der Waals surface area contributed by atoms with Crippen LogP contribution in [0.25, 0.3) is 5.69 Å². The Kier molecular flexibility index (Phi) is 7.46. The molecule has 0 radical (unpaired) electrons. The molecule has 10 nitrogen and oxygen atoms in total. The number of carbonyl (C=O) groups is 1. The van der Waals surface area contributed by atoms with E-state index in [1.54, 1.807) is 42.6 Å². The summed E-state index contributed by atoms with van der Waals surface area (Å²) in [5.41, 5.74) is 3.86. The monoisotopic (exact) mass is 577 g/mol. The average molecular weight is 578 g/mol. The fourth-order valence-corrected chi connectivity index (χ4v) is 5.73. The Morgan fingerprint density at radius 2 is 1.85 bits per heavy atom. The van der Waals surface area contributed by atoms with Crippen LogP contribution in [0, 0.1) is 0 Å². The van der Waals surface area contributed by atoms with Crippen molar-refractivity contribution in [2.75, 3.05) is 30.1 Å². The van der Waals surface area contributed by atoms with Gasteiger partial charge in [-0.15, -0.1) is 0 Å². The molecule has 1 fully saturated rings. The van der Waals surface area contributed by atoms with Gasteiger partial charge in [-0.2, -0.15) is 0 Å². The van der Waals surface area contributed by atoms with Gasteiger partial charge in [0.2, 0.25) is 10.0 Å². The number of ether oxygens (including phenoxy) is 2. The molecule has 1 saturated heterocycles. The second kappa shape index (κ2) is 11.0. The predicted molar refractivity (Wildman–Crippen MR) is 157 cm³/mol. The quantitative estimate of drug-likeness (QED) is 0.235. The third kappa shape index (κ3) is 5.36. The molecule has 2 atom stereocenters. The molecule has 206 valence electrons. The lowest BCUT2D eigenvalue weighted by Crippen LogP contribution is -2.30. The molecule has 3 heterocycles. The van der Waals surface area contributed by atoms with Gasteiger partial charge in [0.15, 0.2) is 5.11 Å². The number of sulfonamides is 1. The highest BCUT2D eigenvalue weighted by Gasteiger charge is 2.42. The Labute approximate surface area is 237 Å². The van der Waals surface area contributed by atoms with Crippen LogP contribution in [0.4, 0.5) is 11.4 Å². The number of aromatic nitrogens is 2. The molecule has 40 heavy (non-hydrogen) atoms. The average Bonchev–Trinajstić information content (AvgIpc) is 3.57. The molecule has 0 aliphatic carbocycles. The largest absolute Gasteiger partial charge is 0.494 e. The van der Waals surface area contributed by atoms with E-state index in [1.165, 1.54) is 14.2 Å². The van der Waals surface area contributed by atoms with Gasteiger partial charge in [-0.25, -0.2) is 13.2 Å². The molecule has 1 aliphatic heterocycles. The maximum Gasteiger partial charge on any atom is 0.337 e. The maximum absolute atomic E-state index is 12.2. The van der Waals surface area contributed by atoms with Crippen LogP contribution in [-0.4, -0.2) is 49.5 Å². The number of rotatable bonds is 8. The Bertz CT molecular complexity index is 1670. The summed E-state index contributed by atoms with van der Waals surface area (Å²) < 4.78 is 38.7. The normalized spacial score (nSPS) is 16.9. The first kappa shape index (κ1) is 27.2. The zero-order valence-electron chi connectivity index (χ0n) is 21.9. The zero-order chi connectivity index (χ0) is 28.4. The van der Waals surface area contributed by atoms with Crippen molar-refractivity contribution in [1.82, 2.24) is 14.9 Å². The molecule has 0 saturated carbocycles. The van der Waals surface area contributed by atoms with Crippen molar-refractivity contribution >= 4 is 44.7 Å². The van der Waals surface area contributed by atoms with Gasteiger partial charge >= 0.3 is 5.97 Å². The van der Waals surface area contributed by atoms with E-state index in [4.69, 9.17) is 21.7 Å². The summed E-state index contributed by atoms with van der Waals surface area (Å²) in [4.78, 5) is 18.8. The molecular weight excluding hydrogens is 550 g/mol. The Morgan fingerprint density at radius 3 is 2.55 bits per heavy atom. The summed E-state index contributed by atoms with van der Waals surface area (Å²) in [5, 5.41) is 3.88. The predicted octanol–water partition coefficient (Wildman–Crippen LogP) is 4.22. The lowest BCUT2D eigenvalue weighted by molar-refractivity contribution is 0.0600. The van der Waals surface area contributed by atoms with Crippen LogP contribution in [0.5, 0.6) is 5.75 Å². The number of benzene rings is 2. The molecule has 5 rings (SSSR count). The third-order valence-corrected chi connectivity index (χ3v) is 7.39. The van der Waals surface area contributed by atoms with E-state index in [0.717, 1.165) is 23.3 Å². The molecule has 0 bridgehead atoms. The topological polar surface area (TPSA) is 115 Å². The number of nitrogens with zero attached hydrogens (tertiary/aromatic N) is 3. The number of nitrogens with one attached hydrogen (secondary N) is 2. The van der Waals surface area contributed by atoms with E-state index in [-0.39, 0.29) is 12.1 Å². The van der Waals surface area contributed by atoms with E-state index < -0.39 is 16.0 Å². The standard InChI is InChI=1S/C28H27N5O5S2/c1-37-24-17-20(12-13-21(24)31-40(3,35)36)33-26(25(30-28(33)39)22-10-4-5-14-29-22)23-11-7-15-32(23)19-9-6-8-18(16-19)27(34)38-2/h4-17,25-26,31H,1-3H3,(H,30,39)/t25-,26+/m1/s1. The highest BCUT2D eigenvalue weighted by molar-refractivity contribution is 7.92. The van der Waals surface area contributed by atoms with Crippen molar-refractivity contribution in [1.29, 1.82) is 0 Å². The highest BCUT2D eigenvalue weighted by atomic mass is 32.2. The highest BCUT2D eigenvalue weighted by Crippen LogP contribution is 2.44. The maximum atomic E-state index is 12.2. The van der Waals surface area contributed by atoms with Gasteiger partial charge in [0.1, 0.15) is 11.8 Å². The molecule has 0 amide bonds. The van der Waals surface area contributed by atoms with E-state index in [0.29, 0.717) is 27.8 Å². The first-order valence-electron chi connectivity index (χ1n) is 12.2. The summed E-state index contributed by atoms with van der Waals surface area (Å²) in [7, 11) is -0.696. The lowest BCUT2D eigenvalue weighted by Gasteiger charge is -2.29. The number of hydrogen-bond donors (Lipinski definition) is 2. The summed E-state index contributed by atoms with van der Waals surface area (Å²) in [6.07, 6.45) is 4.73. The van der Waals surface area contributed by atoms with E-state index in [1.807, 2.05) is 52.1 Å². The Balaban J connectivity index is 1.64. The number of thiocarbonyl (C=S) groups is 1. The fourth-order valence-electron chi connectivity index (χ4n) is 4.82. The van der Waals surface area contributed by atoms with Crippen LogP contribution in [0.1, 0.15) is 33.8 Å². The van der Waals surface area contributed by atoms with Gasteiger partial charge in [0.25, 0.3) is 0 Å². The third-order valence-electron chi connectivity index (χ3n) is 6.49. The van der Waals surface area contributed by atoms with Crippen molar-refractivity contribution in [3.05, 3.63) is 102 Å². The van der Waals surface area contributed by atoms with Crippen LogP contribution in [0.2, 0.25) is 0 Å². The molecular formula is C28H27N5O5S2. The number of hydrogen-bond acceptors (Lipinski definition) is 7. The number of carbonyl (C=O) groups excluding carboxylic acids is 1. The van der Waals surface area contributed by atoms with Crippen LogP contribution in [0.3, 0.4) is 0 Å². The first-order valence-corrected chi connectivity index (χ1v) is 14.5. The molecule has 12 heteroatoms. The molecule has 4 aromatic rings. The van der Waals surface area contributed by atoms with Crippen molar-refractivity contribution in [2.24, 2.45) is 0 Å². The SMILES string of the molecule is COC(=O)c1cccc(-n2cccc2[C@H]2[C@@H](c3ccccn3)NC(=S)N2c2ccc(NS(C)(=O)=O)c(OC)c2)c1. The van der Waals surface area contributed by atoms with E-state index in [2.05, 4.69) is 15.0 Å². The Hall–Kier alpha value is -4.42. The number of esters is 1. The van der Waals surface area contributed by atoms with Crippen molar-refractivity contribution in [3.63, 3.8) is 0 Å². The molecule has 0 unspecified atom stereocenters. The van der Waals surface area contributed by atoms with Crippen LogP contribution >= 0.6 is 12.2 Å². The Morgan fingerprint density at radius 1 is 1.02 bits per heavy atom. The second-order valence-electron chi connectivity index (χ2n) is 9.10. The van der Waals surface area contributed by atoms with Gasteiger partial charge in [0.05, 0.1) is 43.5 Å². The molecule has 1 aliphatic rings. The van der Waals surface area contributed by atoms with Gasteiger partial charge in [-0.1, -0.05) is 12.1 Å². The van der Waals surface area contributed by atoms with Crippen molar-refractivity contribution in [2.45, 2.75) is 12.1 Å². The van der Waals surface area contributed by atoms with E-state index >= 15 is 0 Å². The zero-order valence-corrected chi connectivity index (χ0v) is 23.6. The summed E-state index contributed by atoms with van der Waals surface area (Å²) in [6.45, 7) is 0. The van der Waals surface area contributed by atoms with Gasteiger partial charge < -0.3 is 24.3 Å². The molecule has 0 spiro atoms. The van der Waals surface area contributed by atoms with Crippen LogP contribution in [-0.2, 0) is 14.8 Å². The number of anilines is 2. The lowest BCUT2D eigenvalue weighted by atomic mass is 10.0. The second-order valence-corrected chi connectivity index (χ2v) is 11.2. The molecule has 2 N–H and O–H groups in total. The summed E-state index contributed by atoms with van der Waals surface area (Å²) in [5.74, 6) is -0.0888. The van der Waals surface area contributed by atoms with Crippen LogP contribution < -0.4 is 19.7 Å². The van der Waals surface area contributed by atoms with E-state index in [9.17, 15) is 13.2 Å². The molecule has 2 aromatic heterocycles. The minimum atomic E-state index is -3.52. The molecule has 2 aromatic carbocycles. The van der Waals surface area contributed by atoms with Crippen molar-refractivity contribution < 1.29 is 22.7 Å². The van der Waals surface area contributed by atoms with Crippen LogP contribution in [0.15, 0.2) is 85.2 Å². The van der Waals surface area contributed by atoms with Gasteiger partial charge in [-0.3, -0.25) is 9.71 Å². The fraction of sp³-hybridized carbons (Fsp3) is 0.179. The number of methoxy groups -OCH3 is 2. The van der Waals surface area contributed by atoms with Gasteiger partial charge in [0, 0.05) is 35.5 Å². The van der Waals surface area contributed by atoms with Gasteiger partial charge in [-0.05, 0) is 66.8 Å². The smallest absolute Gasteiger partial charge is 0.337 e. The first-order chi connectivity index (χ1) is 19.2. The summed E-state index contributed by atoms with van der Waals surface area (Å²) in [6, 6.07) is 21.2. The number of pyridine rings is 1.